The van der Waals surface area contributed by atoms with Crippen LogP contribution < -0.4 is 0 Å². The smallest absolute Gasteiger partial charge is 0.0887 e. The second kappa shape index (κ2) is 7.45. The molecule has 112 valence electrons. The molecule has 2 heterocycles. The molecule has 2 nitrogen and oxygen atoms in total. The van der Waals surface area contributed by atoms with Crippen molar-refractivity contribution in [1.29, 1.82) is 0 Å². The van der Waals surface area contributed by atoms with Crippen LogP contribution in [0.2, 0.25) is 0 Å². The maximum absolute atomic E-state index is 4.43. The van der Waals surface area contributed by atoms with E-state index in [9.17, 15) is 0 Å². The standard InChI is InChI=1S/C19H13BrN2S/c1-23-17-8-4-14(5-9-17)2-3-15-6-10-18(21-12-15)19-11-7-16(20)13-22-19/h4-13H,1H3. The largest absolute Gasteiger partial charge is 0.253 e. The number of rotatable bonds is 2. The van der Waals surface area contributed by atoms with E-state index in [2.05, 4.69) is 56.1 Å². The van der Waals surface area contributed by atoms with E-state index >= 15 is 0 Å². The number of pyridine rings is 2. The average molecular weight is 381 g/mol. The summed E-state index contributed by atoms with van der Waals surface area (Å²) in [7, 11) is 0. The van der Waals surface area contributed by atoms with Crippen LogP contribution in [0.25, 0.3) is 11.4 Å². The number of benzene rings is 1. The third-order valence-corrected chi connectivity index (χ3v) is 4.41. The second-order valence-corrected chi connectivity index (χ2v) is 6.57. The molecule has 3 rings (SSSR count). The van der Waals surface area contributed by atoms with Gasteiger partial charge in [-0.2, -0.15) is 0 Å². The average Bonchev–Trinajstić information content (AvgIpc) is 2.61. The van der Waals surface area contributed by atoms with E-state index in [0.29, 0.717) is 0 Å². The van der Waals surface area contributed by atoms with Crippen molar-refractivity contribution >= 4 is 27.7 Å². The van der Waals surface area contributed by atoms with Crippen LogP contribution in [-0.2, 0) is 0 Å². The molecule has 0 N–H and O–H groups in total. The van der Waals surface area contributed by atoms with Gasteiger partial charge in [-0.05, 0) is 70.7 Å². The highest BCUT2D eigenvalue weighted by Gasteiger charge is 2.00. The maximum Gasteiger partial charge on any atom is 0.0887 e. The molecule has 0 atom stereocenters. The monoisotopic (exact) mass is 380 g/mol. The highest BCUT2D eigenvalue weighted by Crippen LogP contribution is 2.17. The Balaban J connectivity index is 1.77. The Bertz CT molecular complexity index is 845. The van der Waals surface area contributed by atoms with Crippen LogP contribution in [0.5, 0.6) is 0 Å². The normalized spacial score (nSPS) is 10.0. The van der Waals surface area contributed by atoms with Gasteiger partial charge in [-0.15, -0.1) is 11.8 Å². The molecule has 0 aliphatic rings. The molecule has 0 saturated carbocycles. The zero-order valence-corrected chi connectivity index (χ0v) is 14.9. The highest BCUT2D eigenvalue weighted by molar-refractivity contribution is 9.10. The van der Waals surface area contributed by atoms with Gasteiger partial charge in [0.05, 0.1) is 11.4 Å². The Hall–Kier alpha value is -2.09. The summed E-state index contributed by atoms with van der Waals surface area (Å²) < 4.78 is 0.955. The first-order valence-corrected chi connectivity index (χ1v) is 9.00. The van der Waals surface area contributed by atoms with Crippen LogP contribution in [0.4, 0.5) is 0 Å². The van der Waals surface area contributed by atoms with Gasteiger partial charge in [0.1, 0.15) is 0 Å². The molecule has 0 spiro atoms. The van der Waals surface area contributed by atoms with E-state index in [1.54, 1.807) is 24.2 Å². The first-order valence-electron chi connectivity index (χ1n) is 6.99. The fraction of sp³-hybridized carbons (Fsp3) is 0.0526. The Kier molecular flexibility index (Phi) is 5.12. The van der Waals surface area contributed by atoms with Gasteiger partial charge in [0, 0.05) is 32.9 Å². The maximum atomic E-state index is 4.43. The number of nitrogens with zero attached hydrogens (tertiary/aromatic N) is 2. The van der Waals surface area contributed by atoms with Gasteiger partial charge >= 0.3 is 0 Å². The van der Waals surface area contributed by atoms with Crippen molar-refractivity contribution in [2.45, 2.75) is 4.90 Å². The molecule has 3 aromatic rings. The molecular weight excluding hydrogens is 368 g/mol. The van der Waals surface area contributed by atoms with Gasteiger partial charge in [-0.1, -0.05) is 11.8 Å². The molecular formula is C19H13BrN2S. The Morgan fingerprint density at radius 2 is 1.39 bits per heavy atom. The quantitative estimate of drug-likeness (QED) is 0.460. The zero-order chi connectivity index (χ0) is 16.1. The molecule has 0 unspecified atom stereocenters. The molecule has 0 radical (unpaired) electrons. The van der Waals surface area contributed by atoms with Gasteiger partial charge in [0.15, 0.2) is 0 Å². The molecule has 0 saturated heterocycles. The summed E-state index contributed by atoms with van der Waals surface area (Å²) in [4.78, 5) is 10.0. The lowest BCUT2D eigenvalue weighted by Gasteiger charge is -2.00. The lowest BCUT2D eigenvalue weighted by atomic mass is 10.2. The Morgan fingerprint density at radius 1 is 0.783 bits per heavy atom. The predicted molar refractivity (Wildman–Crippen MR) is 99.4 cm³/mol. The van der Waals surface area contributed by atoms with Crippen molar-refractivity contribution in [2.24, 2.45) is 0 Å². The summed E-state index contributed by atoms with van der Waals surface area (Å²) in [5, 5.41) is 0. The molecule has 1 aromatic carbocycles. The summed E-state index contributed by atoms with van der Waals surface area (Å²) >= 11 is 5.10. The van der Waals surface area contributed by atoms with Gasteiger partial charge < -0.3 is 0 Å². The second-order valence-electron chi connectivity index (χ2n) is 4.77. The number of hydrogen-bond acceptors (Lipinski definition) is 3. The number of thioether (sulfide) groups is 1. The summed E-state index contributed by atoms with van der Waals surface area (Å²) in [5.41, 5.74) is 3.58. The summed E-state index contributed by atoms with van der Waals surface area (Å²) in [6.07, 6.45) is 5.61. The molecule has 0 bridgehead atoms. The minimum atomic E-state index is 0.840. The van der Waals surface area contributed by atoms with E-state index in [0.717, 1.165) is 27.0 Å². The molecule has 0 fully saturated rings. The van der Waals surface area contributed by atoms with Crippen molar-refractivity contribution in [3.63, 3.8) is 0 Å². The van der Waals surface area contributed by atoms with Crippen molar-refractivity contribution in [3.8, 4) is 23.2 Å². The van der Waals surface area contributed by atoms with Gasteiger partial charge in [0.25, 0.3) is 0 Å². The van der Waals surface area contributed by atoms with Crippen LogP contribution in [0, 0.1) is 11.8 Å². The fourth-order valence-corrected chi connectivity index (χ4v) is 2.61. The van der Waals surface area contributed by atoms with E-state index < -0.39 is 0 Å². The SMILES string of the molecule is CSc1ccc(C#Cc2ccc(-c3ccc(Br)cn3)nc2)cc1. The van der Waals surface area contributed by atoms with E-state index in [1.165, 1.54) is 4.90 Å². The lowest BCUT2D eigenvalue weighted by molar-refractivity contribution is 1.23. The molecule has 4 heteroatoms. The molecule has 2 aromatic heterocycles. The van der Waals surface area contributed by atoms with Crippen molar-refractivity contribution in [2.75, 3.05) is 6.26 Å². The van der Waals surface area contributed by atoms with Gasteiger partial charge in [-0.25, -0.2) is 0 Å². The zero-order valence-electron chi connectivity index (χ0n) is 12.5. The number of hydrogen-bond donors (Lipinski definition) is 0. The Morgan fingerprint density at radius 3 is 1.96 bits per heavy atom. The van der Waals surface area contributed by atoms with Crippen LogP contribution in [-0.4, -0.2) is 16.2 Å². The first-order chi connectivity index (χ1) is 11.2. The third-order valence-electron chi connectivity index (χ3n) is 3.19. The van der Waals surface area contributed by atoms with Crippen molar-refractivity contribution in [3.05, 3.63) is 76.5 Å². The van der Waals surface area contributed by atoms with Crippen molar-refractivity contribution < 1.29 is 0 Å². The van der Waals surface area contributed by atoms with E-state index in [-0.39, 0.29) is 0 Å². The van der Waals surface area contributed by atoms with E-state index in [4.69, 9.17) is 0 Å². The molecule has 23 heavy (non-hydrogen) atoms. The molecule has 0 amide bonds. The minimum Gasteiger partial charge on any atom is -0.253 e. The van der Waals surface area contributed by atoms with Crippen LogP contribution in [0.15, 0.2) is 70.3 Å². The number of halogens is 1. The summed E-state index contributed by atoms with van der Waals surface area (Å²) in [6, 6.07) is 16.0. The summed E-state index contributed by atoms with van der Waals surface area (Å²) in [5.74, 6) is 6.30. The number of aromatic nitrogens is 2. The van der Waals surface area contributed by atoms with Gasteiger partial charge in [0.2, 0.25) is 0 Å². The first kappa shape index (κ1) is 15.8. The molecule has 0 aliphatic heterocycles. The van der Waals surface area contributed by atoms with Crippen LogP contribution in [0.1, 0.15) is 11.1 Å². The lowest BCUT2D eigenvalue weighted by Crippen LogP contribution is -1.87. The van der Waals surface area contributed by atoms with Crippen LogP contribution >= 0.6 is 27.7 Å². The van der Waals surface area contributed by atoms with Crippen molar-refractivity contribution in [1.82, 2.24) is 9.97 Å². The highest BCUT2D eigenvalue weighted by atomic mass is 79.9. The topological polar surface area (TPSA) is 25.8 Å². The molecule has 0 aliphatic carbocycles. The third kappa shape index (κ3) is 4.22. The van der Waals surface area contributed by atoms with Crippen LogP contribution in [0.3, 0.4) is 0 Å². The van der Waals surface area contributed by atoms with Gasteiger partial charge in [-0.3, -0.25) is 9.97 Å². The fourth-order valence-electron chi connectivity index (χ4n) is 1.97. The summed E-state index contributed by atoms with van der Waals surface area (Å²) in [6.45, 7) is 0. The Labute approximate surface area is 148 Å². The van der Waals surface area contributed by atoms with E-state index in [1.807, 2.05) is 36.4 Å². The predicted octanol–water partition coefficient (Wildman–Crippen LogP) is 5.03. The minimum absolute atomic E-state index is 0.840.